The fraction of sp³-hybridized carbons (Fsp3) is 0.500. The molecule has 2 N–H and O–H groups in total. The number of likely N-dealkylation sites (N-methyl/N-ethyl adjacent to an activating group) is 1. The summed E-state index contributed by atoms with van der Waals surface area (Å²) in [6.07, 6.45) is 0.963. The van der Waals surface area contributed by atoms with Gasteiger partial charge in [-0.3, -0.25) is 9.59 Å². The predicted octanol–water partition coefficient (Wildman–Crippen LogP) is 2.93. The molecule has 0 unspecified atom stereocenters. The van der Waals surface area contributed by atoms with Gasteiger partial charge in [0.1, 0.15) is 11.9 Å². The summed E-state index contributed by atoms with van der Waals surface area (Å²) in [6, 6.07) is 6.80. The maximum absolute atomic E-state index is 13.3. The van der Waals surface area contributed by atoms with Crippen molar-refractivity contribution < 1.29 is 9.59 Å². The minimum atomic E-state index is -0.671. The largest absolute Gasteiger partial charge is 0.357 e. The monoisotopic (exact) mass is 431 g/mol. The van der Waals surface area contributed by atoms with E-state index in [-0.39, 0.29) is 11.8 Å². The Labute approximate surface area is 182 Å². The molecule has 1 aliphatic rings. The van der Waals surface area contributed by atoms with Crippen LogP contribution >= 0.6 is 11.6 Å². The van der Waals surface area contributed by atoms with Gasteiger partial charge in [0.2, 0.25) is 5.91 Å². The molecule has 7 nitrogen and oxygen atoms in total. The average molecular weight is 432 g/mol. The number of rotatable bonds is 4. The van der Waals surface area contributed by atoms with Crippen molar-refractivity contribution >= 4 is 23.4 Å². The van der Waals surface area contributed by atoms with Crippen LogP contribution in [-0.4, -0.2) is 52.9 Å². The molecular weight excluding hydrogens is 402 g/mol. The quantitative estimate of drug-likeness (QED) is 0.780. The number of nitrogens with zero attached hydrogens (tertiary/aromatic N) is 3. The summed E-state index contributed by atoms with van der Waals surface area (Å²) >= 11 is 6.05. The lowest BCUT2D eigenvalue weighted by atomic mass is 9.86. The fourth-order valence-corrected chi connectivity index (χ4v) is 3.87. The van der Waals surface area contributed by atoms with Crippen molar-refractivity contribution in [3.05, 3.63) is 40.7 Å². The van der Waals surface area contributed by atoms with Gasteiger partial charge in [-0.1, -0.05) is 32.4 Å². The Kier molecular flexibility index (Phi) is 6.53. The molecule has 2 amide bonds. The van der Waals surface area contributed by atoms with Gasteiger partial charge in [0.25, 0.3) is 5.91 Å². The van der Waals surface area contributed by atoms with Crippen molar-refractivity contribution in [2.75, 3.05) is 20.6 Å². The lowest BCUT2D eigenvalue weighted by molar-refractivity contribution is -0.124. The third-order valence-electron chi connectivity index (χ3n) is 5.38. The summed E-state index contributed by atoms with van der Waals surface area (Å²) in [5, 5.41) is 6.21. The summed E-state index contributed by atoms with van der Waals surface area (Å²) in [6.45, 7) is 8.10. The van der Waals surface area contributed by atoms with Crippen LogP contribution in [0.4, 0.5) is 0 Å². The van der Waals surface area contributed by atoms with Gasteiger partial charge in [0.05, 0.1) is 5.69 Å². The van der Waals surface area contributed by atoms with Crippen LogP contribution in [0.1, 0.15) is 43.4 Å². The van der Waals surface area contributed by atoms with E-state index in [2.05, 4.69) is 20.1 Å². The third kappa shape index (κ3) is 4.68. The second kappa shape index (κ2) is 8.78. The molecule has 3 rings (SSSR count). The van der Waals surface area contributed by atoms with Crippen LogP contribution in [0, 0.1) is 5.41 Å². The highest BCUT2D eigenvalue weighted by molar-refractivity contribution is 6.30. The molecule has 8 heteroatoms. The number of fused-ring (bicyclic) bond motifs is 1. The number of hydrogen-bond donors (Lipinski definition) is 2. The first-order chi connectivity index (χ1) is 14.1. The second-order valence-corrected chi connectivity index (χ2v) is 9.30. The van der Waals surface area contributed by atoms with Crippen molar-refractivity contribution in [1.82, 2.24) is 25.1 Å². The first-order valence-corrected chi connectivity index (χ1v) is 10.6. The minimum absolute atomic E-state index is 0.226. The number of aromatic nitrogens is 2. The van der Waals surface area contributed by atoms with Gasteiger partial charge in [-0.25, -0.2) is 4.98 Å². The molecule has 2 heterocycles. The Morgan fingerprint density at radius 3 is 2.43 bits per heavy atom. The standard InChI is InChI=1S/C22H30ClN5O2/c1-22(2,3)18(21(30)24-4)26-20(29)17-16-13-27(5)11-6-12-28(16)19(25-17)14-7-9-15(23)10-8-14/h7-10,18H,6,11-13H2,1-5H3,(H,24,30)(H,26,29)/t18-/m1/s1. The first-order valence-electron chi connectivity index (χ1n) is 10.2. The number of carbonyl (C=O) groups excluding carboxylic acids is 2. The van der Waals surface area contributed by atoms with Crippen LogP contribution in [0.3, 0.4) is 0 Å². The zero-order chi connectivity index (χ0) is 22.1. The molecule has 0 bridgehead atoms. The summed E-state index contributed by atoms with van der Waals surface area (Å²) in [4.78, 5) is 32.6. The van der Waals surface area contributed by atoms with Crippen LogP contribution in [0.5, 0.6) is 0 Å². The van der Waals surface area contributed by atoms with Crippen molar-refractivity contribution in [2.24, 2.45) is 5.41 Å². The smallest absolute Gasteiger partial charge is 0.272 e. The molecule has 0 spiro atoms. The van der Waals surface area contributed by atoms with Crippen LogP contribution < -0.4 is 10.6 Å². The SMILES string of the molecule is CNC(=O)[C@@H](NC(=O)c1nc(-c2ccc(Cl)cc2)n2c1CN(C)CCC2)C(C)(C)C. The maximum atomic E-state index is 13.3. The van der Waals surface area contributed by atoms with Crippen molar-refractivity contribution in [3.8, 4) is 11.4 Å². The number of amides is 2. The van der Waals surface area contributed by atoms with E-state index in [1.54, 1.807) is 7.05 Å². The van der Waals surface area contributed by atoms with Gasteiger partial charge in [-0.15, -0.1) is 0 Å². The van der Waals surface area contributed by atoms with Crippen LogP contribution in [0.25, 0.3) is 11.4 Å². The Bertz CT molecular complexity index is 930. The van der Waals surface area contributed by atoms with Crippen LogP contribution in [0.2, 0.25) is 5.02 Å². The first kappa shape index (κ1) is 22.3. The molecule has 0 saturated carbocycles. The molecule has 0 saturated heterocycles. The number of imidazole rings is 1. The van der Waals surface area contributed by atoms with Gasteiger partial charge in [-0.2, -0.15) is 0 Å². The van der Waals surface area contributed by atoms with E-state index in [0.29, 0.717) is 17.3 Å². The number of halogens is 1. The van der Waals surface area contributed by atoms with E-state index in [0.717, 1.165) is 36.6 Å². The normalized spacial score (nSPS) is 15.8. The lowest BCUT2D eigenvalue weighted by Crippen LogP contribution is -2.53. The molecule has 1 aliphatic heterocycles. The molecule has 1 aromatic heterocycles. The molecule has 30 heavy (non-hydrogen) atoms. The van der Waals surface area contributed by atoms with Gasteiger partial charge >= 0.3 is 0 Å². The molecule has 0 aliphatic carbocycles. The van der Waals surface area contributed by atoms with Crippen LogP contribution in [-0.2, 0) is 17.9 Å². The Morgan fingerprint density at radius 1 is 1.17 bits per heavy atom. The summed E-state index contributed by atoms with van der Waals surface area (Å²) in [7, 11) is 3.61. The molecule has 1 atom stereocenters. The number of benzene rings is 1. The van der Waals surface area contributed by atoms with Crippen molar-refractivity contribution in [1.29, 1.82) is 0 Å². The third-order valence-corrected chi connectivity index (χ3v) is 5.63. The number of nitrogens with one attached hydrogen (secondary N) is 2. The van der Waals surface area contributed by atoms with Gasteiger partial charge in [-0.05, 0) is 49.7 Å². The van der Waals surface area contributed by atoms with E-state index >= 15 is 0 Å². The zero-order valence-corrected chi connectivity index (χ0v) is 19.0. The Morgan fingerprint density at radius 2 is 1.83 bits per heavy atom. The van der Waals surface area contributed by atoms with Gasteiger partial charge in [0, 0.05) is 30.7 Å². The highest BCUT2D eigenvalue weighted by Gasteiger charge is 2.34. The predicted molar refractivity (Wildman–Crippen MR) is 118 cm³/mol. The summed E-state index contributed by atoms with van der Waals surface area (Å²) in [5.74, 6) is 0.184. The number of hydrogen-bond acceptors (Lipinski definition) is 4. The second-order valence-electron chi connectivity index (χ2n) is 8.87. The molecule has 0 fully saturated rings. The highest BCUT2D eigenvalue weighted by Crippen LogP contribution is 2.28. The maximum Gasteiger partial charge on any atom is 0.272 e. The number of carbonyl (C=O) groups is 2. The van der Waals surface area contributed by atoms with E-state index < -0.39 is 11.5 Å². The van der Waals surface area contributed by atoms with Crippen molar-refractivity contribution in [2.45, 2.75) is 46.3 Å². The van der Waals surface area contributed by atoms with E-state index in [4.69, 9.17) is 16.6 Å². The van der Waals surface area contributed by atoms with Gasteiger partial charge in [0.15, 0.2) is 5.69 Å². The summed E-state index contributed by atoms with van der Waals surface area (Å²) < 4.78 is 2.12. The van der Waals surface area contributed by atoms with Crippen LogP contribution in [0.15, 0.2) is 24.3 Å². The molecule has 2 aromatic rings. The Hall–Kier alpha value is -2.38. The zero-order valence-electron chi connectivity index (χ0n) is 18.3. The van der Waals surface area contributed by atoms with Gasteiger partial charge < -0.3 is 20.1 Å². The van der Waals surface area contributed by atoms with E-state index in [9.17, 15) is 9.59 Å². The summed E-state index contributed by atoms with van der Waals surface area (Å²) in [5.41, 5.74) is 1.69. The minimum Gasteiger partial charge on any atom is -0.357 e. The molecular formula is C22H30ClN5O2. The molecule has 1 aromatic carbocycles. The Balaban J connectivity index is 2.04. The average Bonchev–Trinajstić information content (AvgIpc) is 2.91. The highest BCUT2D eigenvalue weighted by atomic mass is 35.5. The van der Waals surface area contributed by atoms with E-state index in [1.165, 1.54) is 0 Å². The van der Waals surface area contributed by atoms with E-state index in [1.807, 2.05) is 52.1 Å². The molecule has 0 radical (unpaired) electrons. The lowest BCUT2D eigenvalue weighted by Gasteiger charge is -2.29. The topological polar surface area (TPSA) is 79.3 Å². The fourth-order valence-electron chi connectivity index (χ4n) is 3.74. The molecule has 162 valence electrons. The van der Waals surface area contributed by atoms with Crippen molar-refractivity contribution in [3.63, 3.8) is 0 Å².